The molecule has 14 heavy (non-hydrogen) atoms. The summed E-state index contributed by atoms with van der Waals surface area (Å²) in [4.78, 5) is 0. The lowest BCUT2D eigenvalue weighted by atomic mass is 10.2. The highest BCUT2D eigenvalue weighted by Gasteiger charge is 2.19. The number of sulfonamides is 1. The fourth-order valence-corrected chi connectivity index (χ4v) is 1.93. The van der Waals surface area contributed by atoms with Crippen molar-refractivity contribution in [3.05, 3.63) is 0 Å². The summed E-state index contributed by atoms with van der Waals surface area (Å²) in [6.07, 6.45) is 0. The zero-order chi connectivity index (χ0) is 11.2. The van der Waals surface area contributed by atoms with Crippen molar-refractivity contribution in [3.8, 4) is 0 Å². The van der Waals surface area contributed by atoms with Crippen molar-refractivity contribution >= 4 is 10.0 Å². The Hall–Kier alpha value is -0.170. The first-order valence-electron chi connectivity index (χ1n) is 4.61. The highest BCUT2D eigenvalue weighted by atomic mass is 32.2. The second-order valence-electron chi connectivity index (χ2n) is 3.50. The van der Waals surface area contributed by atoms with Crippen LogP contribution < -0.4 is 10.5 Å². The first-order valence-corrected chi connectivity index (χ1v) is 6.16. The molecule has 0 saturated carbocycles. The number of nitrogens with two attached hydrogens (primary N) is 1. The molecule has 0 aliphatic carbocycles. The van der Waals surface area contributed by atoms with E-state index in [-0.39, 0.29) is 12.5 Å². The van der Waals surface area contributed by atoms with E-state index in [1.165, 1.54) is 0 Å². The van der Waals surface area contributed by atoms with Gasteiger partial charge in [0, 0.05) is 26.8 Å². The molecule has 0 saturated heterocycles. The van der Waals surface area contributed by atoms with Gasteiger partial charge in [-0.05, 0) is 12.8 Å². The van der Waals surface area contributed by atoms with Crippen LogP contribution in [0.25, 0.3) is 0 Å². The van der Waals surface area contributed by atoms with Crippen LogP contribution in [0.2, 0.25) is 0 Å². The fraction of sp³-hybridized carbons (Fsp3) is 1.00. The van der Waals surface area contributed by atoms with Gasteiger partial charge < -0.3 is 10.5 Å². The summed E-state index contributed by atoms with van der Waals surface area (Å²) in [6, 6.07) is 0. The third kappa shape index (κ3) is 4.90. The molecule has 0 spiro atoms. The summed E-state index contributed by atoms with van der Waals surface area (Å²) in [6.45, 7) is 4.57. The Kier molecular flexibility index (Phi) is 6.26. The van der Waals surface area contributed by atoms with Crippen molar-refractivity contribution in [1.29, 1.82) is 0 Å². The SMILES string of the molecule is COCC(C)CNS(=O)(=O)C(C)CN. The molecule has 0 aliphatic heterocycles. The highest BCUT2D eigenvalue weighted by molar-refractivity contribution is 7.90. The summed E-state index contributed by atoms with van der Waals surface area (Å²) >= 11 is 0. The molecule has 86 valence electrons. The van der Waals surface area contributed by atoms with Crippen LogP contribution in [0, 0.1) is 5.92 Å². The Morgan fingerprint density at radius 2 is 2.00 bits per heavy atom. The van der Waals surface area contributed by atoms with Crippen molar-refractivity contribution in [2.24, 2.45) is 11.7 Å². The molecule has 6 heteroatoms. The molecule has 0 aromatic rings. The van der Waals surface area contributed by atoms with Gasteiger partial charge in [-0.1, -0.05) is 6.92 Å². The lowest BCUT2D eigenvalue weighted by molar-refractivity contribution is 0.161. The molecule has 0 rings (SSSR count). The molecule has 0 heterocycles. The first kappa shape index (κ1) is 13.8. The van der Waals surface area contributed by atoms with Gasteiger partial charge in [-0.2, -0.15) is 0 Å². The summed E-state index contributed by atoms with van der Waals surface area (Å²) in [5.41, 5.74) is 5.28. The maximum absolute atomic E-state index is 11.4. The maximum atomic E-state index is 11.4. The Bertz CT molecular complexity index is 241. The molecule has 0 aromatic carbocycles. The van der Waals surface area contributed by atoms with Crippen LogP contribution in [0.4, 0.5) is 0 Å². The largest absolute Gasteiger partial charge is 0.384 e. The Balaban J connectivity index is 4.00. The molecular formula is C8H20N2O3S. The average Bonchev–Trinajstić information content (AvgIpc) is 2.14. The van der Waals surface area contributed by atoms with Crippen molar-refractivity contribution in [3.63, 3.8) is 0 Å². The van der Waals surface area contributed by atoms with Crippen molar-refractivity contribution < 1.29 is 13.2 Å². The van der Waals surface area contributed by atoms with Crippen LogP contribution in [-0.4, -0.2) is 40.5 Å². The van der Waals surface area contributed by atoms with Gasteiger partial charge in [0.15, 0.2) is 0 Å². The second kappa shape index (κ2) is 6.34. The summed E-state index contributed by atoms with van der Waals surface area (Å²) in [5.74, 6) is 0.166. The van der Waals surface area contributed by atoms with Gasteiger partial charge in [0.1, 0.15) is 0 Å². The normalized spacial score (nSPS) is 16.6. The molecule has 0 bridgehead atoms. The highest BCUT2D eigenvalue weighted by Crippen LogP contribution is 1.98. The predicted molar refractivity (Wildman–Crippen MR) is 56.5 cm³/mol. The Morgan fingerprint density at radius 1 is 1.43 bits per heavy atom. The maximum Gasteiger partial charge on any atom is 0.215 e. The van der Waals surface area contributed by atoms with Crippen LogP contribution >= 0.6 is 0 Å². The van der Waals surface area contributed by atoms with Crippen LogP contribution in [0.1, 0.15) is 13.8 Å². The van der Waals surface area contributed by atoms with E-state index in [0.29, 0.717) is 13.2 Å². The molecule has 5 nitrogen and oxygen atoms in total. The fourth-order valence-electron chi connectivity index (χ4n) is 0.871. The number of rotatable bonds is 7. The van der Waals surface area contributed by atoms with E-state index in [1.807, 2.05) is 6.92 Å². The third-order valence-electron chi connectivity index (χ3n) is 1.95. The summed E-state index contributed by atoms with van der Waals surface area (Å²) in [5, 5.41) is -0.544. The predicted octanol–water partition coefficient (Wildman–Crippen LogP) is -0.464. The quantitative estimate of drug-likeness (QED) is 0.613. The number of ether oxygens (including phenoxy) is 1. The molecule has 0 fully saturated rings. The summed E-state index contributed by atoms with van der Waals surface area (Å²) in [7, 11) is -1.66. The van der Waals surface area contributed by atoms with E-state index in [9.17, 15) is 8.42 Å². The van der Waals surface area contributed by atoms with E-state index in [1.54, 1.807) is 14.0 Å². The van der Waals surface area contributed by atoms with Gasteiger partial charge in [-0.15, -0.1) is 0 Å². The van der Waals surface area contributed by atoms with Crippen LogP contribution in [0.5, 0.6) is 0 Å². The summed E-state index contributed by atoms with van der Waals surface area (Å²) < 4.78 is 30.3. The van der Waals surface area contributed by atoms with Gasteiger partial charge in [-0.25, -0.2) is 13.1 Å². The molecule has 0 radical (unpaired) electrons. The van der Waals surface area contributed by atoms with E-state index in [4.69, 9.17) is 10.5 Å². The molecule has 0 amide bonds. The molecule has 3 N–H and O–H groups in total. The number of hydrogen-bond donors (Lipinski definition) is 2. The molecule has 2 unspecified atom stereocenters. The van der Waals surface area contributed by atoms with Crippen LogP contribution in [0.15, 0.2) is 0 Å². The first-order chi connectivity index (χ1) is 6.44. The minimum Gasteiger partial charge on any atom is -0.384 e. The van der Waals surface area contributed by atoms with Crippen molar-refractivity contribution in [1.82, 2.24) is 4.72 Å². The third-order valence-corrected chi connectivity index (χ3v) is 3.77. The topological polar surface area (TPSA) is 81.4 Å². The second-order valence-corrected chi connectivity index (χ2v) is 5.68. The minimum absolute atomic E-state index is 0.133. The van der Waals surface area contributed by atoms with Gasteiger partial charge in [-0.3, -0.25) is 0 Å². The minimum atomic E-state index is -3.25. The zero-order valence-corrected chi connectivity index (χ0v) is 9.80. The van der Waals surface area contributed by atoms with Gasteiger partial charge in [0.25, 0.3) is 0 Å². The number of methoxy groups -OCH3 is 1. The lowest BCUT2D eigenvalue weighted by Crippen LogP contribution is -2.39. The smallest absolute Gasteiger partial charge is 0.215 e. The van der Waals surface area contributed by atoms with Crippen molar-refractivity contribution in [2.45, 2.75) is 19.1 Å². The van der Waals surface area contributed by atoms with Gasteiger partial charge in [0.2, 0.25) is 10.0 Å². The molecule has 0 aromatic heterocycles. The van der Waals surface area contributed by atoms with E-state index in [2.05, 4.69) is 4.72 Å². The lowest BCUT2D eigenvalue weighted by Gasteiger charge is -2.15. The molecule has 0 aliphatic rings. The van der Waals surface area contributed by atoms with Gasteiger partial charge in [0.05, 0.1) is 5.25 Å². The monoisotopic (exact) mass is 224 g/mol. The molecule has 2 atom stereocenters. The van der Waals surface area contributed by atoms with Crippen LogP contribution in [0.3, 0.4) is 0 Å². The van der Waals surface area contributed by atoms with E-state index in [0.717, 1.165) is 0 Å². The molecular weight excluding hydrogens is 204 g/mol. The Labute approximate surface area is 86.1 Å². The van der Waals surface area contributed by atoms with Crippen LogP contribution in [-0.2, 0) is 14.8 Å². The average molecular weight is 224 g/mol. The Morgan fingerprint density at radius 3 is 2.43 bits per heavy atom. The van der Waals surface area contributed by atoms with E-state index >= 15 is 0 Å². The van der Waals surface area contributed by atoms with Crippen molar-refractivity contribution in [2.75, 3.05) is 26.8 Å². The van der Waals surface area contributed by atoms with Gasteiger partial charge >= 0.3 is 0 Å². The zero-order valence-electron chi connectivity index (χ0n) is 8.99. The van der Waals surface area contributed by atoms with E-state index < -0.39 is 15.3 Å². The number of nitrogens with one attached hydrogen (secondary N) is 1. The number of hydrogen-bond acceptors (Lipinski definition) is 4. The standard InChI is InChI=1S/C8H20N2O3S/c1-7(6-13-3)5-10-14(11,12)8(2)4-9/h7-8,10H,4-6,9H2,1-3H3.